The number of hydrogen-bond donors (Lipinski definition) is 3. The molecule has 3 N–H and O–H groups in total. The molecule has 1 heterocycles. The van der Waals surface area contributed by atoms with Crippen LogP contribution < -0.4 is 10.6 Å². The number of hydrogen-bond acceptors (Lipinski definition) is 5. The highest BCUT2D eigenvalue weighted by atomic mass is 16.5. The quantitative estimate of drug-likeness (QED) is 0.734. The molecule has 0 saturated heterocycles. The fraction of sp³-hybridized carbons (Fsp3) is 0.667. The van der Waals surface area contributed by atoms with Crippen LogP contribution in [0.4, 0.5) is 4.79 Å². The molecule has 2 unspecified atom stereocenters. The van der Waals surface area contributed by atoms with Crippen LogP contribution in [0, 0.1) is 11.8 Å². The van der Waals surface area contributed by atoms with Crippen LogP contribution in [0.2, 0.25) is 0 Å². The molecule has 1 aromatic rings. The van der Waals surface area contributed by atoms with Crippen molar-refractivity contribution in [3.05, 3.63) is 12.2 Å². The second-order valence-electron chi connectivity index (χ2n) is 4.90. The summed E-state index contributed by atoms with van der Waals surface area (Å²) in [4.78, 5) is 26.5. The van der Waals surface area contributed by atoms with Gasteiger partial charge in [-0.3, -0.25) is 4.79 Å². The Hall–Kier alpha value is -2.12. The highest BCUT2D eigenvalue weighted by molar-refractivity contribution is 5.74. The van der Waals surface area contributed by atoms with Gasteiger partial charge in [-0.25, -0.2) is 4.79 Å². The molecule has 1 fully saturated rings. The highest BCUT2D eigenvalue weighted by Gasteiger charge is 2.30. The lowest BCUT2D eigenvalue weighted by Crippen LogP contribution is -2.41. The van der Waals surface area contributed by atoms with Gasteiger partial charge < -0.3 is 20.3 Å². The molecule has 1 aliphatic carbocycles. The second kappa shape index (κ2) is 6.88. The van der Waals surface area contributed by atoms with Crippen molar-refractivity contribution < 1.29 is 19.2 Å². The average molecular weight is 282 g/mol. The Bertz CT molecular complexity index is 448. The summed E-state index contributed by atoms with van der Waals surface area (Å²) in [5.74, 6) is -0.747. The Morgan fingerprint density at radius 2 is 2.15 bits per heavy atom. The van der Waals surface area contributed by atoms with E-state index < -0.39 is 5.97 Å². The van der Waals surface area contributed by atoms with Gasteiger partial charge in [0.2, 0.25) is 6.39 Å². The first-order valence-corrected chi connectivity index (χ1v) is 6.66. The van der Waals surface area contributed by atoms with Gasteiger partial charge in [-0.2, -0.15) is 4.98 Å². The minimum Gasteiger partial charge on any atom is -0.481 e. The molecule has 8 heteroatoms. The normalized spacial score (nSPS) is 22.2. The number of carbonyl (C=O) groups excluding carboxylic acids is 1. The van der Waals surface area contributed by atoms with E-state index in [1.807, 2.05) is 0 Å². The highest BCUT2D eigenvalue weighted by Crippen LogP contribution is 2.29. The summed E-state index contributed by atoms with van der Waals surface area (Å²) in [5, 5.41) is 18.0. The van der Waals surface area contributed by atoms with Gasteiger partial charge in [-0.15, -0.1) is 0 Å². The average Bonchev–Trinajstić information content (AvgIpc) is 2.96. The molecular weight excluding hydrogens is 264 g/mol. The number of carboxylic acid groups (broad SMARTS) is 1. The number of carboxylic acids is 1. The lowest BCUT2D eigenvalue weighted by molar-refractivity contribution is -0.144. The number of urea groups is 1. The van der Waals surface area contributed by atoms with Crippen LogP contribution in [0.25, 0.3) is 0 Å². The van der Waals surface area contributed by atoms with Crippen molar-refractivity contribution in [3.63, 3.8) is 0 Å². The number of nitrogens with one attached hydrogen (secondary N) is 2. The number of aliphatic carboxylic acids is 1. The molecule has 1 aliphatic rings. The number of amides is 2. The zero-order valence-corrected chi connectivity index (χ0v) is 11.0. The zero-order chi connectivity index (χ0) is 14.4. The maximum absolute atomic E-state index is 11.6. The maximum atomic E-state index is 11.6. The van der Waals surface area contributed by atoms with Crippen molar-refractivity contribution in [3.8, 4) is 0 Å². The predicted octanol–water partition coefficient (Wildman–Crippen LogP) is 0.760. The Labute approximate surface area is 115 Å². The molecule has 1 saturated carbocycles. The van der Waals surface area contributed by atoms with Crippen molar-refractivity contribution in [2.24, 2.45) is 11.8 Å². The predicted molar refractivity (Wildman–Crippen MR) is 67.6 cm³/mol. The third kappa shape index (κ3) is 3.94. The molecular formula is C12H18N4O4. The van der Waals surface area contributed by atoms with E-state index in [1.165, 1.54) is 6.39 Å². The van der Waals surface area contributed by atoms with Gasteiger partial charge in [0, 0.05) is 6.54 Å². The first kappa shape index (κ1) is 14.3. The van der Waals surface area contributed by atoms with Crippen molar-refractivity contribution in [1.29, 1.82) is 0 Å². The SMILES string of the molecule is O=C(NCc1ncon1)NCC1CCCCC1C(=O)O. The molecule has 0 spiro atoms. The van der Waals surface area contributed by atoms with Crippen LogP contribution in [0.3, 0.4) is 0 Å². The first-order valence-electron chi connectivity index (χ1n) is 6.66. The number of nitrogens with zero attached hydrogens (tertiary/aromatic N) is 2. The lowest BCUT2D eigenvalue weighted by atomic mass is 9.79. The summed E-state index contributed by atoms with van der Waals surface area (Å²) >= 11 is 0. The summed E-state index contributed by atoms with van der Waals surface area (Å²) in [6.45, 7) is 0.546. The summed E-state index contributed by atoms with van der Waals surface area (Å²) in [6, 6.07) is -0.357. The van der Waals surface area contributed by atoms with Crippen LogP contribution in [-0.2, 0) is 11.3 Å². The summed E-state index contributed by atoms with van der Waals surface area (Å²) in [7, 11) is 0. The van der Waals surface area contributed by atoms with Gasteiger partial charge >= 0.3 is 12.0 Å². The molecule has 2 amide bonds. The molecule has 2 rings (SSSR count). The van der Waals surface area contributed by atoms with Crippen LogP contribution >= 0.6 is 0 Å². The lowest BCUT2D eigenvalue weighted by Gasteiger charge is -2.28. The minimum absolute atomic E-state index is 0.00262. The van der Waals surface area contributed by atoms with Crippen molar-refractivity contribution in [2.45, 2.75) is 32.2 Å². The molecule has 0 radical (unpaired) electrons. The molecule has 1 aromatic heterocycles. The van der Waals surface area contributed by atoms with Crippen LogP contribution in [-0.4, -0.2) is 33.8 Å². The van der Waals surface area contributed by atoms with Crippen LogP contribution in [0.1, 0.15) is 31.5 Å². The second-order valence-corrected chi connectivity index (χ2v) is 4.90. The van der Waals surface area contributed by atoms with Gasteiger partial charge in [0.15, 0.2) is 5.82 Å². The Morgan fingerprint density at radius 3 is 2.85 bits per heavy atom. The Kier molecular flexibility index (Phi) is 4.91. The van der Waals surface area contributed by atoms with E-state index in [9.17, 15) is 9.59 Å². The fourth-order valence-corrected chi connectivity index (χ4v) is 2.49. The summed E-state index contributed by atoms with van der Waals surface area (Å²) in [5.41, 5.74) is 0. The molecule has 0 aromatic carbocycles. The number of rotatable bonds is 5. The van der Waals surface area contributed by atoms with Crippen LogP contribution in [0.5, 0.6) is 0 Å². The van der Waals surface area contributed by atoms with Crippen molar-refractivity contribution in [1.82, 2.24) is 20.8 Å². The van der Waals surface area contributed by atoms with E-state index in [0.29, 0.717) is 18.8 Å². The van der Waals surface area contributed by atoms with Crippen LogP contribution in [0.15, 0.2) is 10.9 Å². The number of aromatic nitrogens is 2. The topological polar surface area (TPSA) is 117 Å². The standard InChI is InChI=1S/C12H18N4O4/c17-11(18)9-4-2-1-3-8(9)5-13-12(19)14-6-10-15-7-20-16-10/h7-9H,1-6H2,(H,17,18)(H2,13,14,19). The van der Waals surface area contributed by atoms with Gasteiger partial charge in [0.05, 0.1) is 12.5 Å². The zero-order valence-electron chi connectivity index (χ0n) is 11.0. The number of carbonyl (C=O) groups is 2. The Balaban J connectivity index is 1.72. The molecule has 0 aliphatic heterocycles. The van der Waals surface area contributed by atoms with Gasteiger partial charge in [-0.1, -0.05) is 18.0 Å². The minimum atomic E-state index is -0.774. The first-order chi connectivity index (χ1) is 9.66. The largest absolute Gasteiger partial charge is 0.481 e. The molecule has 0 bridgehead atoms. The van der Waals surface area contributed by atoms with E-state index >= 15 is 0 Å². The monoisotopic (exact) mass is 282 g/mol. The smallest absolute Gasteiger partial charge is 0.315 e. The molecule has 110 valence electrons. The van der Waals surface area contributed by atoms with E-state index in [2.05, 4.69) is 25.3 Å². The van der Waals surface area contributed by atoms with Gasteiger partial charge in [0.25, 0.3) is 0 Å². The molecule has 2 atom stereocenters. The molecule has 8 nitrogen and oxygen atoms in total. The third-order valence-electron chi connectivity index (χ3n) is 3.57. The van der Waals surface area contributed by atoms with E-state index in [1.54, 1.807) is 0 Å². The maximum Gasteiger partial charge on any atom is 0.315 e. The third-order valence-corrected chi connectivity index (χ3v) is 3.57. The van der Waals surface area contributed by atoms with E-state index in [-0.39, 0.29) is 24.4 Å². The fourth-order valence-electron chi connectivity index (χ4n) is 2.49. The van der Waals surface area contributed by atoms with Crippen molar-refractivity contribution in [2.75, 3.05) is 6.54 Å². The van der Waals surface area contributed by atoms with E-state index in [0.717, 1.165) is 19.3 Å². The van der Waals surface area contributed by atoms with Crippen molar-refractivity contribution >= 4 is 12.0 Å². The molecule has 20 heavy (non-hydrogen) atoms. The Morgan fingerprint density at radius 1 is 1.35 bits per heavy atom. The van der Waals surface area contributed by atoms with Gasteiger partial charge in [-0.05, 0) is 18.8 Å². The summed E-state index contributed by atoms with van der Waals surface area (Å²) < 4.78 is 4.54. The summed E-state index contributed by atoms with van der Waals surface area (Å²) in [6.07, 6.45) is 4.67. The van der Waals surface area contributed by atoms with E-state index in [4.69, 9.17) is 5.11 Å². The van der Waals surface area contributed by atoms with Gasteiger partial charge in [0.1, 0.15) is 0 Å².